The number of halogens is 1. The van der Waals surface area contributed by atoms with Crippen molar-refractivity contribution < 1.29 is 13.9 Å². The molecule has 0 spiro atoms. The van der Waals surface area contributed by atoms with Gasteiger partial charge in [0.2, 0.25) is 0 Å². The SMILES string of the molecule is COCCCOc1cc2cc(C(C)C)ncc2cc1F. The molecule has 0 saturated carbocycles. The molecule has 0 aliphatic carbocycles. The summed E-state index contributed by atoms with van der Waals surface area (Å²) in [5.41, 5.74) is 0.995. The first kappa shape index (κ1) is 14.7. The molecule has 0 aliphatic heterocycles. The highest BCUT2D eigenvalue weighted by Crippen LogP contribution is 2.26. The molecule has 0 atom stereocenters. The van der Waals surface area contributed by atoms with E-state index in [0.29, 0.717) is 19.1 Å². The van der Waals surface area contributed by atoms with E-state index >= 15 is 0 Å². The molecule has 2 aromatic rings. The van der Waals surface area contributed by atoms with Crippen molar-refractivity contribution in [3.05, 3.63) is 35.9 Å². The van der Waals surface area contributed by atoms with Gasteiger partial charge >= 0.3 is 0 Å². The van der Waals surface area contributed by atoms with Crippen molar-refractivity contribution in [1.29, 1.82) is 0 Å². The van der Waals surface area contributed by atoms with Crippen LogP contribution in [0.4, 0.5) is 4.39 Å². The van der Waals surface area contributed by atoms with E-state index in [9.17, 15) is 4.39 Å². The highest BCUT2D eigenvalue weighted by molar-refractivity contribution is 5.83. The minimum absolute atomic E-state index is 0.287. The fourth-order valence-corrected chi connectivity index (χ4v) is 1.97. The van der Waals surface area contributed by atoms with Crippen molar-refractivity contribution >= 4 is 10.8 Å². The van der Waals surface area contributed by atoms with E-state index in [1.807, 2.05) is 6.07 Å². The number of fused-ring (bicyclic) bond motifs is 1. The molecule has 0 aliphatic rings. The summed E-state index contributed by atoms with van der Waals surface area (Å²) in [7, 11) is 1.64. The lowest BCUT2D eigenvalue weighted by atomic mass is 10.1. The Morgan fingerprint density at radius 1 is 1.15 bits per heavy atom. The van der Waals surface area contributed by atoms with Crippen LogP contribution in [0.15, 0.2) is 24.4 Å². The zero-order valence-corrected chi connectivity index (χ0v) is 12.1. The lowest BCUT2D eigenvalue weighted by Crippen LogP contribution is -2.03. The Hall–Kier alpha value is -1.68. The Bertz CT molecular complexity index is 584. The van der Waals surface area contributed by atoms with Gasteiger partial charge in [-0.05, 0) is 29.5 Å². The molecule has 1 aromatic carbocycles. The average Bonchev–Trinajstić information content (AvgIpc) is 2.43. The summed E-state index contributed by atoms with van der Waals surface area (Å²) >= 11 is 0. The van der Waals surface area contributed by atoms with Gasteiger partial charge < -0.3 is 9.47 Å². The lowest BCUT2D eigenvalue weighted by molar-refractivity contribution is 0.170. The number of aromatic nitrogens is 1. The predicted molar refractivity (Wildman–Crippen MR) is 77.8 cm³/mol. The van der Waals surface area contributed by atoms with Gasteiger partial charge in [0, 0.05) is 37.4 Å². The molecule has 4 heteroatoms. The van der Waals surface area contributed by atoms with Gasteiger partial charge in [-0.1, -0.05) is 13.8 Å². The third-order valence-corrected chi connectivity index (χ3v) is 3.14. The van der Waals surface area contributed by atoms with Crippen LogP contribution < -0.4 is 4.74 Å². The maximum atomic E-state index is 13.9. The number of nitrogens with zero attached hydrogens (tertiary/aromatic N) is 1. The summed E-state index contributed by atoms with van der Waals surface area (Å²) < 4.78 is 24.3. The number of rotatable bonds is 6. The molecule has 0 bridgehead atoms. The summed E-state index contributed by atoms with van der Waals surface area (Å²) in [6, 6.07) is 5.20. The summed E-state index contributed by atoms with van der Waals surface area (Å²) in [5.74, 6) is 0.277. The second-order valence-corrected chi connectivity index (χ2v) is 5.09. The number of pyridine rings is 1. The van der Waals surface area contributed by atoms with E-state index in [1.165, 1.54) is 6.07 Å². The summed E-state index contributed by atoms with van der Waals surface area (Å²) in [6.45, 7) is 5.22. The molecular weight excluding hydrogens is 257 g/mol. The molecule has 0 unspecified atom stereocenters. The minimum atomic E-state index is -0.353. The topological polar surface area (TPSA) is 31.4 Å². The van der Waals surface area contributed by atoms with E-state index in [-0.39, 0.29) is 11.6 Å². The molecule has 0 fully saturated rings. The summed E-state index contributed by atoms with van der Waals surface area (Å²) in [4.78, 5) is 4.34. The van der Waals surface area contributed by atoms with Crippen LogP contribution >= 0.6 is 0 Å². The Morgan fingerprint density at radius 2 is 1.95 bits per heavy atom. The van der Waals surface area contributed by atoms with Crippen molar-refractivity contribution in [2.75, 3.05) is 20.3 Å². The minimum Gasteiger partial charge on any atom is -0.490 e. The largest absolute Gasteiger partial charge is 0.490 e. The predicted octanol–water partition coefficient (Wildman–Crippen LogP) is 3.91. The van der Waals surface area contributed by atoms with Crippen molar-refractivity contribution in [3.8, 4) is 5.75 Å². The first-order valence-electron chi connectivity index (χ1n) is 6.82. The Labute approximate surface area is 118 Å². The second kappa shape index (κ2) is 6.66. The van der Waals surface area contributed by atoms with Crippen LogP contribution in [-0.2, 0) is 4.74 Å². The lowest BCUT2D eigenvalue weighted by Gasteiger charge is -2.10. The fraction of sp³-hybridized carbons (Fsp3) is 0.438. The second-order valence-electron chi connectivity index (χ2n) is 5.09. The molecule has 0 saturated heterocycles. The van der Waals surface area contributed by atoms with Crippen LogP contribution in [-0.4, -0.2) is 25.3 Å². The van der Waals surface area contributed by atoms with Gasteiger partial charge in [-0.15, -0.1) is 0 Å². The Morgan fingerprint density at radius 3 is 2.65 bits per heavy atom. The molecule has 0 radical (unpaired) electrons. The number of ether oxygens (including phenoxy) is 2. The quantitative estimate of drug-likeness (QED) is 0.750. The average molecular weight is 277 g/mol. The van der Waals surface area contributed by atoms with Crippen LogP contribution in [0.25, 0.3) is 10.8 Å². The highest BCUT2D eigenvalue weighted by atomic mass is 19.1. The first-order valence-corrected chi connectivity index (χ1v) is 6.82. The van der Waals surface area contributed by atoms with Crippen LogP contribution in [0.5, 0.6) is 5.75 Å². The van der Waals surface area contributed by atoms with Gasteiger partial charge in [0.15, 0.2) is 11.6 Å². The smallest absolute Gasteiger partial charge is 0.165 e. The number of hydrogen-bond acceptors (Lipinski definition) is 3. The molecule has 108 valence electrons. The van der Waals surface area contributed by atoms with E-state index in [2.05, 4.69) is 18.8 Å². The number of benzene rings is 1. The van der Waals surface area contributed by atoms with Gasteiger partial charge in [0.25, 0.3) is 0 Å². The molecule has 1 heterocycles. The van der Waals surface area contributed by atoms with E-state index in [1.54, 1.807) is 19.4 Å². The first-order chi connectivity index (χ1) is 9.61. The highest BCUT2D eigenvalue weighted by Gasteiger charge is 2.08. The van der Waals surface area contributed by atoms with E-state index in [4.69, 9.17) is 9.47 Å². The Kier molecular flexibility index (Phi) is 4.90. The molecule has 0 amide bonds. The van der Waals surface area contributed by atoms with Crippen molar-refractivity contribution in [3.63, 3.8) is 0 Å². The standard InChI is InChI=1S/C16H20FNO2/c1-11(2)15-8-12-9-16(20-6-4-5-19-3)14(17)7-13(12)10-18-15/h7-11H,4-6H2,1-3H3. The van der Waals surface area contributed by atoms with Gasteiger partial charge in [-0.25, -0.2) is 4.39 Å². The molecular formula is C16H20FNO2. The number of methoxy groups -OCH3 is 1. The third kappa shape index (κ3) is 3.45. The monoisotopic (exact) mass is 277 g/mol. The maximum Gasteiger partial charge on any atom is 0.165 e. The molecule has 2 rings (SSSR count). The van der Waals surface area contributed by atoms with Crippen molar-refractivity contribution in [1.82, 2.24) is 4.98 Å². The summed E-state index contributed by atoms with van der Waals surface area (Å²) in [5, 5.41) is 1.74. The fourth-order valence-electron chi connectivity index (χ4n) is 1.97. The van der Waals surface area contributed by atoms with Gasteiger partial charge in [-0.3, -0.25) is 4.98 Å². The van der Waals surface area contributed by atoms with E-state index < -0.39 is 0 Å². The molecule has 3 nitrogen and oxygen atoms in total. The van der Waals surface area contributed by atoms with Gasteiger partial charge in [0.1, 0.15) is 0 Å². The maximum absolute atomic E-state index is 13.9. The van der Waals surface area contributed by atoms with Crippen LogP contribution in [0.2, 0.25) is 0 Å². The molecule has 20 heavy (non-hydrogen) atoms. The van der Waals surface area contributed by atoms with Crippen LogP contribution in [0.1, 0.15) is 31.9 Å². The van der Waals surface area contributed by atoms with Crippen molar-refractivity contribution in [2.24, 2.45) is 0 Å². The Balaban J connectivity index is 2.24. The van der Waals surface area contributed by atoms with Crippen molar-refractivity contribution in [2.45, 2.75) is 26.2 Å². The van der Waals surface area contributed by atoms with Crippen LogP contribution in [0, 0.1) is 5.82 Å². The van der Waals surface area contributed by atoms with Crippen LogP contribution in [0.3, 0.4) is 0 Å². The molecule has 1 aromatic heterocycles. The number of hydrogen-bond donors (Lipinski definition) is 0. The molecule has 0 N–H and O–H groups in total. The third-order valence-electron chi connectivity index (χ3n) is 3.14. The zero-order chi connectivity index (χ0) is 14.5. The summed E-state index contributed by atoms with van der Waals surface area (Å²) in [6.07, 6.45) is 2.45. The zero-order valence-electron chi connectivity index (χ0n) is 12.1. The van der Waals surface area contributed by atoms with E-state index in [0.717, 1.165) is 22.9 Å². The normalized spacial score (nSPS) is 11.2. The van der Waals surface area contributed by atoms with Gasteiger partial charge in [-0.2, -0.15) is 0 Å². The van der Waals surface area contributed by atoms with Gasteiger partial charge in [0.05, 0.1) is 6.61 Å².